The van der Waals surface area contributed by atoms with Gasteiger partial charge in [0.1, 0.15) is 57.5 Å². The van der Waals surface area contributed by atoms with Gasteiger partial charge in [-0.05, 0) is 192 Å². The fourth-order valence-corrected chi connectivity index (χ4v) is 17.1. The average Bonchev–Trinajstić information content (AvgIpc) is 0.755. The van der Waals surface area contributed by atoms with Gasteiger partial charge in [0.2, 0.25) is 28.8 Å². The molecule has 12 aromatic rings. The maximum absolute atomic E-state index is 15.1. The summed E-state index contributed by atoms with van der Waals surface area (Å²) in [6.07, 6.45) is 1.66. The zero-order chi connectivity index (χ0) is 90.5. The van der Waals surface area contributed by atoms with Gasteiger partial charge >= 0.3 is 0 Å². The minimum atomic E-state index is -1.34. The van der Waals surface area contributed by atoms with Crippen LogP contribution in [0.3, 0.4) is 0 Å². The molecule has 4 heterocycles. The Morgan fingerprint density at radius 1 is 0.294 bits per heavy atom. The summed E-state index contributed by atoms with van der Waals surface area (Å²) >= 11 is 0. The largest absolute Gasteiger partial charge is 0.508 e. The van der Waals surface area contributed by atoms with Crippen molar-refractivity contribution < 1.29 is 136 Å². The molecule has 0 amide bonds. The zero-order valence-electron chi connectivity index (χ0n) is 70.8. The van der Waals surface area contributed by atoms with Crippen LogP contribution in [0.1, 0.15) is 150 Å². The van der Waals surface area contributed by atoms with E-state index in [9.17, 15) is 74.4 Å². The SMILES string of the molecule is CCCc1cc2c(cc1O)OCC(c1cc(OC)c(O)c(OC)c1)C2c1cc(C)c(O)c(C)c1.COc1cc(C2COc3c(ccc(O)c3C)C2c2ccc(O)c(F)c2F)cc(OC)c1O.COc1cc(C2COc3cc(O)ccc3C2c2cc(F)c(O)c(F)c2)cc(OC)c1O.COc1cc(C2COc3cc(O)ccc3C2c2ccc(O)cc2)cc(OC)c1O. The van der Waals surface area contributed by atoms with Gasteiger partial charge in [0, 0.05) is 93.4 Å². The van der Waals surface area contributed by atoms with Crippen LogP contribution in [0.25, 0.3) is 0 Å². The quantitative estimate of drug-likeness (QED) is 0.0355. The molecule has 0 aliphatic carbocycles. The second kappa shape index (κ2) is 37.7. The number of hydrogen-bond donors (Lipinski definition) is 12. The molecule has 16 rings (SSSR count). The summed E-state index contributed by atoms with van der Waals surface area (Å²) in [5, 5.41) is 121. The molecule has 12 N–H and O–H groups in total. The van der Waals surface area contributed by atoms with E-state index in [4.69, 9.17) is 56.8 Å². The lowest BCUT2D eigenvalue weighted by molar-refractivity contribution is 0.242. The third-order valence-electron chi connectivity index (χ3n) is 23.4. The van der Waals surface area contributed by atoms with Crippen LogP contribution in [0.5, 0.6) is 138 Å². The van der Waals surface area contributed by atoms with Crippen molar-refractivity contribution in [2.75, 3.05) is 83.3 Å². The van der Waals surface area contributed by atoms with Gasteiger partial charge < -0.3 is 118 Å². The van der Waals surface area contributed by atoms with Crippen LogP contribution in [-0.2, 0) is 6.42 Å². The second-order valence-corrected chi connectivity index (χ2v) is 30.7. The highest BCUT2D eigenvalue weighted by atomic mass is 19.2. The summed E-state index contributed by atoms with van der Waals surface area (Å²) in [7, 11) is 11.6. The number of phenols is 12. The Morgan fingerprint density at radius 2 is 0.635 bits per heavy atom. The van der Waals surface area contributed by atoms with Crippen LogP contribution in [-0.4, -0.2) is 145 Å². The third kappa shape index (κ3) is 17.6. The third-order valence-corrected chi connectivity index (χ3v) is 23.4. The Bertz CT molecular complexity index is 5890. The summed E-state index contributed by atoms with van der Waals surface area (Å²) < 4.78 is 124. The lowest BCUT2D eigenvalue weighted by Crippen LogP contribution is -2.26. The van der Waals surface area contributed by atoms with Gasteiger partial charge in [-0.1, -0.05) is 61.9 Å². The standard InChI is InChI=1S/C28H32O6.C24H22F2O6.C23H20F2O6.C23H22O6/c1-6-7-17-10-20-23(13-22(17)29)34-14-21(18-11-24(32-4)28(31)25(12-18)33-5)26(20)19-8-15(2)27(30)16(3)9-19;1-11-16(27)6-5-14-20(13-4-7-17(28)22(26)21(13)25)15(10-32-24(11)14)12-8-18(30-2)23(29)19(9-12)31-3;1-29-19-7-11(8-20(30-2)23(19)28)15-10-31-18-9-13(26)3-4-14(18)21(15)12-5-16(24)22(27)17(25)6-12;1-27-20-9-14(10-21(28-2)23(20)26)18-12-29-19-11-16(25)7-8-17(19)22(18)13-3-5-15(24)6-4-13/h8-13,21,26,29-31H,6-7,14H2,1-5H3;4-9,15,20,27-29H,10H2,1-3H3;3-9,15,21,26-28H,10H2,1-2H3;3-11,18,22,24-26H,12H2,1-2H3. The monoisotopic (exact) mass is 1730 g/mol. The van der Waals surface area contributed by atoms with Crippen LogP contribution < -0.4 is 56.8 Å². The first-order valence-corrected chi connectivity index (χ1v) is 40.0. The predicted molar refractivity (Wildman–Crippen MR) is 458 cm³/mol. The smallest absolute Gasteiger partial charge is 0.200 e. The van der Waals surface area contributed by atoms with Crippen molar-refractivity contribution in [3.63, 3.8) is 0 Å². The first-order chi connectivity index (χ1) is 60.4. The van der Waals surface area contributed by atoms with Crippen molar-refractivity contribution >= 4 is 0 Å². The molecule has 0 fully saturated rings. The molecular weight excluding hydrogens is 1640 g/mol. The van der Waals surface area contributed by atoms with Crippen molar-refractivity contribution in [2.24, 2.45) is 0 Å². The van der Waals surface area contributed by atoms with Gasteiger partial charge in [-0.2, -0.15) is 4.39 Å². The Morgan fingerprint density at radius 3 is 1.04 bits per heavy atom. The minimum absolute atomic E-state index is 0.00742. The zero-order valence-corrected chi connectivity index (χ0v) is 70.8. The Kier molecular flexibility index (Phi) is 26.7. The number of halogens is 4. The van der Waals surface area contributed by atoms with Gasteiger partial charge in [-0.3, -0.25) is 0 Å². The molecule has 0 aromatic heterocycles. The highest BCUT2D eigenvalue weighted by molar-refractivity contribution is 5.64. The fraction of sp³-hybridized carbons (Fsp3) is 0.265. The first-order valence-electron chi connectivity index (χ1n) is 40.0. The van der Waals surface area contributed by atoms with E-state index in [0.29, 0.717) is 87.0 Å². The van der Waals surface area contributed by atoms with Crippen molar-refractivity contribution in [1.29, 1.82) is 0 Å². The maximum atomic E-state index is 15.1. The summed E-state index contributed by atoms with van der Waals surface area (Å²) in [5.41, 5.74) is 11.4. The Hall–Kier alpha value is -14.4. The van der Waals surface area contributed by atoms with E-state index in [2.05, 4.69) is 6.92 Å². The molecule has 660 valence electrons. The fourth-order valence-electron chi connectivity index (χ4n) is 17.1. The van der Waals surface area contributed by atoms with Gasteiger partial charge in [0.05, 0.1) is 83.3 Å². The number of aromatic hydroxyl groups is 12. The lowest BCUT2D eigenvalue weighted by Gasteiger charge is -2.35. The van der Waals surface area contributed by atoms with Gasteiger partial charge in [-0.15, -0.1) is 0 Å². The molecule has 4 aliphatic rings. The van der Waals surface area contributed by atoms with Crippen molar-refractivity contribution in [1.82, 2.24) is 0 Å². The number of methoxy groups -OCH3 is 8. The van der Waals surface area contributed by atoms with Crippen LogP contribution >= 0.6 is 0 Å². The highest BCUT2D eigenvalue weighted by Gasteiger charge is 2.42. The van der Waals surface area contributed by atoms with Gasteiger partial charge in [0.15, 0.2) is 74.9 Å². The van der Waals surface area contributed by atoms with E-state index in [1.54, 1.807) is 85.8 Å². The molecule has 8 atom stereocenters. The van der Waals surface area contributed by atoms with Crippen molar-refractivity contribution in [3.8, 4) is 138 Å². The number of aryl methyl sites for hydroxylation is 3. The summed E-state index contributed by atoms with van der Waals surface area (Å²) in [5.74, 6) is -4.86. The number of fused-ring (bicyclic) bond motifs is 4. The van der Waals surface area contributed by atoms with Crippen LogP contribution in [0.2, 0.25) is 0 Å². The summed E-state index contributed by atoms with van der Waals surface area (Å²) in [6.45, 7) is 8.45. The lowest BCUT2D eigenvalue weighted by atomic mass is 9.74. The van der Waals surface area contributed by atoms with E-state index in [-0.39, 0.29) is 129 Å². The number of hydrogen-bond acceptors (Lipinski definition) is 24. The molecule has 28 heteroatoms. The Balaban J connectivity index is 0.000000144. The van der Waals surface area contributed by atoms with Gasteiger partial charge in [0.25, 0.3) is 0 Å². The topological polar surface area (TPSA) is 354 Å². The van der Waals surface area contributed by atoms with Crippen molar-refractivity contribution in [3.05, 3.63) is 282 Å². The highest BCUT2D eigenvalue weighted by Crippen LogP contribution is 2.57. The molecule has 0 spiro atoms. The van der Waals surface area contributed by atoms with E-state index >= 15 is 4.39 Å². The summed E-state index contributed by atoms with van der Waals surface area (Å²) in [4.78, 5) is 0. The molecule has 126 heavy (non-hydrogen) atoms. The van der Waals surface area contributed by atoms with E-state index in [1.165, 1.54) is 81.1 Å². The second-order valence-electron chi connectivity index (χ2n) is 30.7. The van der Waals surface area contributed by atoms with E-state index < -0.39 is 58.4 Å². The van der Waals surface area contributed by atoms with Crippen LogP contribution in [0.15, 0.2) is 170 Å². The van der Waals surface area contributed by atoms with Gasteiger partial charge in [-0.25, -0.2) is 13.2 Å². The molecule has 12 aromatic carbocycles. The van der Waals surface area contributed by atoms with Crippen LogP contribution in [0, 0.1) is 44.0 Å². The maximum Gasteiger partial charge on any atom is 0.200 e. The Labute approximate surface area is 723 Å². The number of rotatable bonds is 18. The molecule has 8 unspecified atom stereocenters. The molecule has 0 saturated heterocycles. The molecule has 0 saturated carbocycles. The molecule has 0 bridgehead atoms. The molecule has 0 radical (unpaired) electrons. The van der Waals surface area contributed by atoms with E-state index in [1.807, 2.05) is 62.4 Å². The number of benzene rings is 12. The predicted octanol–water partition coefficient (Wildman–Crippen LogP) is 18.9. The molecule has 4 aliphatic heterocycles. The van der Waals surface area contributed by atoms with Crippen LogP contribution in [0.4, 0.5) is 17.6 Å². The average molecular weight is 1730 g/mol. The number of phenolic OH excluding ortho intramolecular Hbond substituents is 12. The normalized spacial score (nSPS) is 17.5. The van der Waals surface area contributed by atoms with E-state index in [0.717, 1.165) is 81.1 Å². The minimum Gasteiger partial charge on any atom is -0.508 e. The summed E-state index contributed by atoms with van der Waals surface area (Å²) in [6, 6.07) is 45.7. The number of ether oxygens (including phenoxy) is 12. The first kappa shape index (κ1) is 89.3. The molecular formula is C98H96F4O24. The molecule has 24 nitrogen and oxygen atoms in total. The van der Waals surface area contributed by atoms with Crippen molar-refractivity contribution in [2.45, 2.75) is 87.9 Å².